The van der Waals surface area contributed by atoms with Crippen molar-refractivity contribution in [2.45, 2.75) is 26.3 Å². The smallest absolute Gasteiger partial charge is 0.349 e. The Morgan fingerprint density at radius 1 is 1.00 bits per heavy atom. The fourth-order valence-electron chi connectivity index (χ4n) is 3.44. The SMILES string of the molecule is CCOC(=O)C(C(=O)OCC)=C1Nc2ccccc2C(CC#N)N1c1ccccc1. The van der Waals surface area contributed by atoms with E-state index in [1.54, 1.807) is 18.7 Å². The first-order valence-electron chi connectivity index (χ1n) is 9.78. The largest absolute Gasteiger partial charge is 0.462 e. The highest BCUT2D eigenvalue weighted by molar-refractivity contribution is 6.15. The molecule has 1 heterocycles. The predicted octanol–water partition coefficient (Wildman–Crippen LogP) is 3.91. The lowest BCUT2D eigenvalue weighted by Gasteiger charge is -2.40. The fourth-order valence-corrected chi connectivity index (χ4v) is 3.44. The number of fused-ring (bicyclic) bond motifs is 1. The van der Waals surface area contributed by atoms with Crippen molar-refractivity contribution >= 4 is 23.3 Å². The Labute approximate surface area is 175 Å². The number of hydrogen-bond donors (Lipinski definition) is 1. The molecule has 30 heavy (non-hydrogen) atoms. The molecule has 1 aliphatic rings. The zero-order valence-electron chi connectivity index (χ0n) is 16.9. The first kappa shape index (κ1) is 20.9. The summed E-state index contributed by atoms with van der Waals surface area (Å²) in [4.78, 5) is 27.4. The number of rotatable bonds is 6. The predicted molar refractivity (Wildman–Crippen MR) is 112 cm³/mol. The average molecular weight is 405 g/mol. The Bertz CT molecular complexity index is 975. The summed E-state index contributed by atoms with van der Waals surface area (Å²) in [6.45, 7) is 3.56. The molecule has 0 saturated carbocycles. The van der Waals surface area contributed by atoms with E-state index in [0.29, 0.717) is 5.69 Å². The van der Waals surface area contributed by atoms with E-state index >= 15 is 0 Å². The van der Waals surface area contributed by atoms with Crippen LogP contribution in [0.4, 0.5) is 11.4 Å². The molecule has 1 N–H and O–H groups in total. The molecule has 2 aromatic rings. The zero-order valence-corrected chi connectivity index (χ0v) is 16.9. The van der Waals surface area contributed by atoms with Crippen LogP contribution >= 0.6 is 0 Å². The molecule has 0 bridgehead atoms. The van der Waals surface area contributed by atoms with Crippen LogP contribution in [0.3, 0.4) is 0 Å². The van der Waals surface area contributed by atoms with E-state index in [9.17, 15) is 14.9 Å². The van der Waals surface area contributed by atoms with Gasteiger partial charge in [0.25, 0.3) is 0 Å². The van der Waals surface area contributed by atoms with Crippen molar-refractivity contribution in [2.75, 3.05) is 23.4 Å². The lowest BCUT2D eigenvalue weighted by molar-refractivity contribution is -0.146. The number of esters is 2. The summed E-state index contributed by atoms with van der Waals surface area (Å²) in [5, 5.41) is 12.7. The van der Waals surface area contributed by atoms with Crippen molar-refractivity contribution in [2.24, 2.45) is 0 Å². The van der Waals surface area contributed by atoms with Gasteiger partial charge in [-0.2, -0.15) is 5.26 Å². The molecule has 0 fully saturated rings. The molecule has 1 unspecified atom stereocenters. The summed E-state index contributed by atoms with van der Waals surface area (Å²) >= 11 is 0. The molecule has 0 aliphatic carbocycles. The molecule has 0 amide bonds. The average Bonchev–Trinajstić information content (AvgIpc) is 2.75. The Morgan fingerprint density at radius 3 is 2.20 bits per heavy atom. The highest BCUT2D eigenvalue weighted by atomic mass is 16.6. The van der Waals surface area contributed by atoms with Crippen molar-refractivity contribution in [1.29, 1.82) is 5.26 Å². The summed E-state index contributed by atoms with van der Waals surface area (Å²) in [6, 6.07) is 18.6. The Morgan fingerprint density at radius 2 is 1.60 bits per heavy atom. The highest BCUT2D eigenvalue weighted by Gasteiger charge is 2.37. The number of nitriles is 1. The van der Waals surface area contributed by atoms with Crippen LogP contribution in [0.1, 0.15) is 31.9 Å². The van der Waals surface area contributed by atoms with Gasteiger partial charge in [0.05, 0.1) is 31.7 Å². The molecule has 0 spiro atoms. The van der Waals surface area contributed by atoms with Gasteiger partial charge in [-0.25, -0.2) is 9.59 Å². The molecule has 1 aliphatic heterocycles. The quantitative estimate of drug-likeness (QED) is 0.337. The number of benzene rings is 2. The van der Waals surface area contributed by atoms with Gasteiger partial charge in [0.15, 0.2) is 5.57 Å². The van der Waals surface area contributed by atoms with Gasteiger partial charge in [0, 0.05) is 11.4 Å². The molecule has 0 aromatic heterocycles. The van der Waals surface area contributed by atoms with Gasteiger partial charge >= 0.3 is 11.9 Å². The Kier molecular flexibility index (Phi) is 6.71. The van der Waals surface area contributed by atoms with E-state index in [1.807, 2.05) is 54.6 Å². The van der Waals surface area contributed by atoms with Crippen LogP contribution < -0.4 is 10.2 Å². The summed E-state index contributed by atoms with van der Waals surface area (Å²) in [5.41, 5.74) is 2.09. The first-order chi connectivity index (χ1) is 14.6. The molecular formula is C23H23N3O4. The van der Waals surface area contributed by atoms with Gasteiger partial charge in [-0.1, -0.05) is 36.4 Å². The first-order valence-corrected chi connectivity index (χ1v) is 9.78. The fraction of sp³-hybridized carbons (Fsp3) is 0.261. The summed E-state index contributed by atoms with van der Waals surface area (Å²) in [5.74, 6) is -1.33. The second-order valence-electron chi connectivity index (χ2n) is 6.46. The maximum atomic E-state index is 12.8. The molecule has 2 aromatic carbocycles. The van der Waals surface area contributed by atoms with Gasteiger partial charge in [0.1, 0.15) is 5.82 Å². The zero-order chi connectivity index (χ0) is 21.5. The summed E-state index contributed by atoms with van der Waals surface area (Å²) in [6.07, 6.45) is 0.149. The number of carbonyl (C=O) groups excluding carboxylic acids is 2. The molecule has 0 radical (unpaired) electrons. The van der Waals surface area contributed by atoms with E-state index in [-0.39, 0.29) is 31.0 Å². The highest BCUT2D eigenvalue weighted by Crippen LogP contribution is 2.42. The molecule has 3 rings (SSSR count). The van der Waals surface area contributed by atoms with Crippen molar-refractivity contribution in [3.05, 3.63) is 71.6 Å². The van der Waals surface area contributed by atoms with Crippen molar-refractivity contribution in [3.8, 4) is 6.07 Å². The lowest BCUT2D eigenvalue weighted by atomic mass is 9.96. The standard InChI is InChI=1S/C23H23N3O4/c1-3-29-22(27)20(23(28)30-4-2)21-25-18-13-9-8-12-17(18)19(14-15-24)26(21)16-10-6-5-7-11-16/h5-13,19,25H,3-4,14H2,1-2H3. The number of nitrogens with one attached hydrogen (secondary N) is 1. The van der Waals surface area contributed by atoms with Gasteiger partial charge in [0.2, 0.25) is 0 Å². The van der Waals surface area contributed by atoms with E-state index in [2.05, 4.69) is 11.4 Å². The Hall–Kier alpha value is -3.79. The minimum absolute atomic E-state index is 0.110. The number of anilines is 2. The third-order valence-corrected chi connectivity index (χ3v) is 4.64. The van der Waals surface area contributed by atoms with Gasteiger partial charge in [-0.05, 0) is 37.6 Å². The lowest BCUT2D eigenvalue weighted by Crippen LogP contribution is -2.39. The summed E-state index contributed by atoms with van der Waals surface area (Å²) in [7, 11) is 0. The number of para-hydroxylation sites is 2. The Balaban J connectivity index is 2.29. The molecule has 1 atom stereocenters. The maximum absolute atomic E-state index is 12.8. The minimum Gasteiger partial charge on any atom is -0.462 e. The third kappa shape index (κ3) is 4.13. The third-order valence-electron chi connectivity index (χ3n) is 4.64. The van der Waals surface area contributed by atoms with Gasteiger partial charge < -0.3 is 19.7 Å². The second-order valence-corrected chi connectivity index (χ2v) is 6.46. The number of carbonyl (C=O) groups is 2. The van der Waals surface area contributed by atoms with Gasteiger partial charge in [-0.15, -0.1) is 0 Å². The van der Waals surface area contributed by atoms with Crippen LogP contribution in [0, 0.1) is 11.3 Å². The van der Waals surface area contributed by atoms with Crippen molar-refractivity contribution in [1.82, 2.24) is 0 Å². The number of hydrogen-bond acceptors (Lipinski definition) is 7. The van der Waals surface area contributed by atoms with Crippen molar-refractivity contribution in [3.63, 3.8) is 0 Å². The van der Waals surface area contributed by atoms with Crippen LogP contribution in [0.2, 0.25) is 0 Å². The molecule has 7 nitrogen and oxygen atoms in total. The van der Waals surface area contributed by atoms with E-state index in [0.717, 1.165) is 11.3 Å². The second kappa shape index (κ2) is 9.61. The van der Waals surface area contributed by atoms with Crippen LogP contribution in [0.25, 0.3) is 0 Å². The van der Waals surface area contributed by atoms with Gasteiger partial charge in [-0.3, -0.25) is 0 Å². The van der Waals surface area contributed by atoms with E-state index in [4.69, 9.17) is 9.47 Å². The molecule has 7 heteroatoms. The number of nitrogens with zero attached hydrogens (tertiary/aromatic N) is 2. The van der Waals surface area contributed by atoms with Crippen LogP contribution in [-0.2, 0) is 19.1 Å². The monoisotopic (exact) mass is 405 g/mol. The normalized spacial score (nSPS) is 14.8. The van der Waals surface area contributed by atoms with E-state index in [1.165, 1.54) is 0 Å². The molecule has 0 saturated heterocycles. The van der Waals surface area contributed by atoms with Crippen LogP contribution in [-0.4, -0.2) is 25.2 Å². The van der Waals surface area contributed by atoms with Crippen LogP contribution in [0.15, 0.2) is 66.0 Å². The summed E-state index contributed by atoms with van der Waals surface area (Å²) < 4.78 is 10.3. The molecule has 154 valence electrons. The minimum atomic E-state index is -0.783. The molecular weight excluding hydrogens is 382 g/mol. The van der Waals surface area contributed by atoms with Crippen molar-refractivity contribution < 1.29 is 19.1 Å². The van der Waals surface area contributed by atoms with Crippen LogP contribution in [0.5, 0.6) is 0 Å². The van der Waals surface area contributed by atoms with E-state index < -0.39 is 18.0 Å². The number of ether oxygens (including phenoxy) is 2. The maximum Gasteiger partial charge on any atom is 0.349 e. The topological polar surface area (TPSA) is 91.7 Å².